The van der Waals surface area contributed by atoms with Crippen molar-refractivity contribution < 1.29 is 5.11 Å². The SMILES string of the molecule is C=[C]CO.[CH2]CCC.[CH2]CCC.[CH2]CCC.[Sn]. The summed E-state index contributed by atoms with van der Waals surface area (Å²) in [6.07, 6.45) is 9.07. The van der Waals surface area contributed by atoms with Crippen molar-refractivity contribution in [1.29, 1.82) is 0 Å². The number of aliphatic hydroxyl groups excluding tert-OH is 1. The standard InChI is InChI=1S/3C4H9.C3H5O.Sn/c3*1-3-4-2;1-2-3-4;/h3*1,3-4H2,2H3;4H,1,3H2;. The van der Waals surface area contributed by atoms with E-state index in [0.717, 1.165) is 19.3 Å². The molecule has 0 aromatic rings. The minimum Gasteiger partial charge on any atom is -0.392 e. The van der Waals surface area contributed by atoms with Crippen LogP contribution in [0.25, 0.3) is 0 Å². The fourth-order valence-corrected chi connectivity index (χ4v) is 0. The molecule has 0 unspecified atom stereocenters. The molecule has 0 amide bonds. The molecule has 0 atom stereocenters. The van der Waals surface area contributed by atoms with E-state index in [1.807, 2.05) is 0 Å². The van der Waals surface area contributed by atoms with Crippen LogP contribution in [0.1, 0.15) is 59.3 Å². The van der Waals surface area contributed by atoms with E-state index in [4.69, 9.17) is 5.11 Å². The first-order valence-corrected chi connectivity index (χ1v) is 6.14. The molecule has 17 heavy (non-hydrogen) atoms. The number of hydrogen-bond acceptors (Lipinski definition) is 1. The fraction of sp³-hybridized carbons (Fsp3) is 0.667. The van der Waals surface area contributed by atoms with Crippen LogP contribution in [0, 0.1) is 26.8 Å². The average molecular weight is 347 g/mol. The van der Waals surface area contributed by atoms with E-state index in [0.29, 0.717) is 0 Å². The van der Waals surface area contributed by atoms with Crippen LogP contribution in [0.2, 0.25) is 0 Å². The van der Waals surface area contributed by atoms with Gasteiger partial charge in [-0.15, -0.1) is 0 Å². The molecule has 2 heteroatoms. The Morgan fingerprint density at radius 2 is 0.941 bits per heavy atom. The predicted octanol–water partition coefficient (Wildman–Crippen LogP) is 4.45. The van der Waals surface area contributed by atoms with Gasteiger partial charge in [0.15, 0.2) is 0 Å². The van der Waals surface area contributed by atoms with E-state index in [2.05, 4.69) is 54.2 Å². The Labute approximate surface area is 128 Å². The summed E-state index contributed by atoms with van der Waals surface area (Å²) in [5, 5.41) is 7.70. The first-order valence-electron chi connectivity index (χ1n) is 6.14. The van der Waals surface area contributed by atoms with Gasteiger partial charge in [0, 0.05) is 23.9 Å². The molecule has 0 aromatic carbocycles. The zero-order valence-electron chi connectivity index (χ0n) is 12.2. The number of aliphatic hydroxyl groups is 1. The molecule has 0 rings (SSSR count). The van der Waals surface area contributed by atoms with Gasteiger partial charge in [0.05, 0.1) is 6.61 Å². The van der Waals surface area contributed by atoms with Crippen molar-refractivity contribution in [3.05, 3.63) is 33.4 Å². The molecular formula is C15H32OSn. The van der Waals surface area contributed by atoms with E-state index in [1.165, 1.54) is 19.3 Å². The van der Waals surface area contributed by atoms with Gasteiger partial charge in [-0.1, -0.05) is 86.6 Å². The zero-order valence-corrected chi connectivity index (χ0v) is 15.1. The summed E-state index contributed by atoms with van der Waals surface area (Å²) in [6, 6.07) is 0. The Kier molecular flexibility index (Phi) is 98.4. The molecule has 8 radical (unpaired) electrons. The molecule has 1 N–H and O–H groups in total. The Hall–Kier alpha value is 0.499. The van der Waals surface area contributed by atoms with Gasteiger partial charge in [0.25, 0.3) is 0 Å². The summed E-state index contributed by atoms with van der Waals surface area (Å²) in [5.74, 6) is 0. The fourth-order valence-electron chi connectivity index (χ4n) is 0. The maximum absolute atomic E-state index is 7.70. The average Bonchev–Trinajstić information content (AvgIpc) is 2.39. The van der Waals surface area contributed by atoms with E-state index in [-0.39, 0.29) is 30.5 Å². The summed E-state index contributed by atoms with van der Waals surface area (Å²) in [6.45, 7) is 20.2. The largest absolute Gasteiger partial charge is 0.392 e. The second-order valence-corrected chi connectivity index (χ2v) is 2.97. The van der Waals surface area contributed by atoms with Crippen molar-refractivity contribution >= 4 is 23.9 Å². The quantitative estimate of drug-likeness (QED) is 0.745. The predicted molar refractivity (Wildman–Crippen MR) is 82.5 cm³/mol. The molecular weight excluding hydrogens is 315 g/mol. The molecule has 0 aliphatic heterocycles. The molecule has 0 saturated heterocycles. The molecule has 102 valence electrons. The zero-order chi connectivity index (χ0) is 13.7. The van der Waals surface area contributed by atoms with Gasteiger partial charge in [0.2, 0.25) is 0 Å². The maximum Gasteiger partial charge on any atom is 0.0679 e. The van der Waals surface area contributed by atoms with Crippen LogP contribution in [-0.4, -0.2) is 35.6 Å². The molecule has 1 nitrogen and oxygen atoms in total. The monoisotopic (exact) mass is 348 g/mol. The molecule has 0 aliphatic carbocycles. The second-order valence-electron chi connectivity index (χ2n) is 2.97. The third kappa shape index (κ3) is 171. The summed E-state index contributed by atoms with van der Waals surface area (Å²) >= 11 is 0. The van der Waals surface area contributed by atoms with Crippen molar-refractivity contribution in [2.75, 3.05) is 6.61 Å². The van der Waals surface area contributed by atoms with E-state index >= 15 is 0 Å². The molecule has 0 aromatic heterocycles. The minimum atomic E-state index is -0.0417. The Bertz CT molecular complexity index is 59.8. The van der Waals surface area contributed by atoms with Crippen LogP contribution in [0.15, 0.2) is 6.58 Å². The van der Waals surface area contributed by atoms with Crippen LogP contribution >= 0.6 is 0 Å². The summed E-state index contributed by atoms with van der Waals surface area (Å²) in [7, 11) is 0. The summed E-state index contributed by atoms with van der Waals surface area (Å²) in [4.78, 5) is 0. The van der Waals surface area contributed by atoms with Crippen LogP contribution in [0.3, 0.4) is 0 Å². The van der Waals surface area contributed by atoms with Gasteiger partial charge in [-0.05, 0) is 6.08 Å². The van der Waals surface area contributed by atoms with Crippen molar-refractivity contribution in [1.82, 2.24) is 0 Å². The van der Waals surface area contributed by atoms with Crippen LogP contribution in [0.4, 0.5) is 0 Å². The molecule has 0 aliphatic rings. The van der Waals surface area contributed by atoms with Gasteiger partial charge < -0.3 is 5.11 Å². The molecule has 0 spiro atoms. The minimum absolute atomic E-state index is 0. The summed E-state index contributed by atoms with van der Waals surface area (Å²) < 4.78 is 0. The van der Waals surface area contributed by atoms with Gasteiger partial charge in [-0.3, -0.25) is 0 Å². The van der Waals surface area contributed by atoms with Crippen molar-refractivity contribution in [2.45, 2.75) is 59.3 Å². The Morgan fingerprint density at radius 1 is 0.824 bits per heavy atom. The second kappa shape index (κ2) is 54.9. The third-order valence-corrected chi connectivity index (χ3v) is 1.17. The van der Waals surface area contributed by atoms with Gasteiger partial charge in [-0.25, -0.2) is 0 Å². The Balaban J connectivity index is -0.0000000369. The molecule has 0 bridgehead atoms. The molecule has 0 fully saturated rings. The van der Waals surface area contributed by atoms with Crippen molar-refractivity contribution in [3.63, 3.8) is 0 Å². The maximum atomic E-state index is 7.70. The van der Waals surface area contributed by atoms with Crippen LogP contribution < -0.4 is 0 Å². The van der Waals surface area contributed by atoms with E-state index < -0.39 is 0 Å². The normalized spacial score (nSPS) is 6.76. The van der Waals surface area contributed by atoms with Crippen LogP contribution in [-0.2, 0) is 0 Å². The smallest absolute Gasteiger partial charge is 0.0679 e. The van der Waals surface area contributed by atoms with Gasteiger partial charge in [-0.2, -0.15) is 0 Å². The van der Waals surface area contributed by atoms with Crippen molar-refractivity contribution in [3.8, 4) is 0 Å². The Morgan fingerprint density at radius 3 is 0.941 bits per heavy atom. The third-order valence-electron chi connectivity index (χ3n) is 1.17. The number of rotatable bonds is 4. The number of hydrogen-bond donors (Lipinski definition) is 1. The van der Waals surface area contributed by atoms with E-state index in [1.54, 1.807) is 0 Å². The molecule has 0 heterocycles. The topological polar surface area (TPSA) is 20.2 Å². The van der Waals surface area contributed by atoms with Gasteiger partial charge >= 0.3 is 0 Å². The van der Waals surface area contributed by atoms with E-state index in [9.17, 15) is 0 Å². The van der Waals surface area contributed by atoms with Gasteiger partial charge in [0.1, 0.15) is 0 Å². The number of unbranched alkanes of at least 4 members (excludes halogenated alkanes) is 3. The first-order chi connectivity index (χ1) is 7.66. The van der Waals surface area contributed by atoms with Crippen molar-refractivity contribution in [2.24, 2.45) is 0 Å². The molecule has 0 saturated carbocycles. The summed E-state index contributed by atoms with van der Waals surface area (Å²) in [5.41, 5.74) is 0. The first kappa shape index (κ1) is 30.5. The van der Waals surface area contributed by atoms with Crippen LogP contribution in [0.5, 0.6) is 0 Å².